The van der Waals surface area contributed by atoms with Crippen LogP contribution in [-0.2, 0) is 16.1 Å². The van der Waals surface area contributed by atoms with Crippen LogP contribution in [0.15, 0.2) is 30.3 Å². The first-order chi connectivity index (χ1) is 13.1. The normalized spacial score (nSPS) is 13.1. The summed E-state index contributed by atoms with van der Waals surface area (Å²) in [5, 5.41) is 13.4. The number of nitrogens with two attached hydrogens (primary N) is 1. The first kappa shape index (κ1) is 26.2. The van der Waals surface area contributed by atoms with Crippen LogP contribution < -0.4 is 16.4 Å². The van der Waals surface area contributed by atoms with E-state index in [9.17, 15) is 18.0 Å². The number of rotatable bonds is 10. The molecule has 0 heterocycles. The Morgan fingerprint density at radius 1 is 1.25 bits per heavy atom. The van der Waals surface area contributed by atoms with Gasteiger partial charge < -0.3 is 21.5 Å². The van der Waals surface area contributed by atoms with Crippen molar-refractivity contribution < 1.29 is 27.9 Å². The third-order valence-corrected chi connectivity index (χ3v) is 4.04. The van der Waals surface area contributed by atoms with Crippen molar-refractivity contribution in [3.63, 3.8) is 0 Å². The van der Waals surface area contributed by atoms with Gasteiger partial charge in [-0.1, -0.05) is 50.1 Å². The number of nitrogens with one attached hydrogen (secondary N) is 2. The lowest BCUT2D eigenvalue weighted by molar-refractivity contribution is -0.192. The number of aliphatic carboxylic acids is 1. The topological polar surface area (TPSA) is 104 Å². The van der Waals surface area contributed by atoms with E-state index in [1.807, 2.05) is 30.3 Å². The number of carbonyl (C=O) groups is 2. The van der Waals surface area contributed by atoms with Gasteiger partial charge in [0.25, 0.3) is 0 Å². The Hall–Kier alpha value is -1.78. The summed E-state index contributed by atoms with van der Waals surface area (Å²) in [5.41, 5.74) is 6.95. The number of benzene rings is 1. The Balaban J connectivity index is 0.000000887. The number of carbonyl (C=O) groups excluding carboxylic acids is 1. The zero-order chi connectivity index (χ0) is 21.6. The summed E-state index contributed by atoms with van der Waals surface area (Å²) in [7, 11) is 0. The van der Waals surface area contributed by atoms with E-state index in [4.69, 9.17) is 15.6 Å². The summed E-state index contributed by atoms with van der Waals surface area (Å²) in [6.07, 6.45) is -2.16. The highest BCUT2D eigenvalue weighted by molar-refractivity contribution is 7.80. The number of halogens is 3. The lowest BCUT2D eigenvalue weighted by Crippen LogP contribution is -2.48. The molecule has 0 saturated carbocycles. The van der Waals surface area contributed by atoms with Crippen molar-refractivity contribution in [1.29, 1.82) is 0 Å². The number of thiol groups is 1. The van der Waals surface area contributed by atoms with Crippen LogP contribution in [0.2, 0.25) is 0 Å². The monoisotopic (exact) mass is 423 g/mol. The molecule has 0 spiro atoms. The van der Waals surface area contributed by atoms with E-state index in [0.29, 0.717) is 18.8 Å². The van der Waals surface area contributed by atoms with Crippen molar-refractivity contribution in [2.45, 2.75) is 51.0 Å². The summed E-state index contributed by atoms with van der Waals surface area (Å²) in [6, 6.07) is 9.71. The SMILES string of the molecule is CCCC[C@H](NC[C@@H](N)CS)C(=O)NCc1ccccc1.O=C(O)C(F)(F)F. The highest BCUT2D eigenvalue weighted by atomic mass is 32.1. The quantitative estimate of drug-likeness (QED) is 0.372. The average molecular weight is 424 g/mol. The second-order valence-corrected chi connectivity index (χ2v) is 6.42. The van der Waals surface area contributed by atoms with Crippen molar-refractivity contribution in [1.82, 2.24) is 10.6 Å². The van der Waals surface area contributed by atoms with Crippen LogP contribution in [0, 0.1) is 0 Å². The van der Waals surface area contributed by atoms with Gasteiger partial charge in [-0.15, -0.1) is 0 Å². The predicted octanol–water partition coefficient (Wildman–Crippen LogP) is 2.34. The summed E-state index contributed by atoms with van der Waals surface area (Å²) in [4.78, 5) is 21.2. The van der Waals surface area contributed by atoms with Crippen molar-refractivity contribution in [2.75, 3.05) is 12.3 Å². The minimum atomic E-state index is -5.08. The second kappa shape index (κ2) is 14.3. The summed E-state index contributed by atoms with van der Waals surface area (Å²) >= 11 is 4.16. The van der Waals surface area contributed by atoms with Gasteiger partial charge in [0.05, 0.1) is 6.04 Å². The molecule has 0 bridgehead atoms. The van der Waals surface area contributed by atoms with Gasteiger partial charge in [-0.2, -0.15) is 25.8 Å². The molecular formula is C18H28F3N3O3S. The molecule has 10 heteroatoms. The van der Waals surface area contributed by atoms with Crippen molar-refractivity contribution in [3.05, 3.63) is 35.9 Å². The van der Waals surface area contributed by atoms with Crippen molar-refractivity contribution in [3.8, 4) is 0 Å². The summed E-state index contributed by atoms with van der Waals surface area (Å²) in [5.74, 6) is -2.11. The Morgan fingerprint density at radius 3 is 2.29 bits per heavy atom. The molecule has 160 valence electrons. The van der Waals surface area contributed by atoms with Crippen LogP contribution >= 0.6 is 12.6 Å². The van der Waals surface area contributed by atoms with Crippen molar-refractivity contribution in [2.24, 2.45) is 5.73 Å². The molecule has 0 aromatic heterocycles. The Labute approximate surface area is 168 Å². The smallest absolute Gasteiger partial charge is 0.475 e. The fraction of sp³-hybridized carbons (Fsp3) is 0.556. The van der Waals surface area contributed by atoms with E-state index in [1.54, 1.807) is 0 Å². The number of unbranched alkanes of at least 4 members (excludes halogenated alkanes) is 1. The van der Waals surface area contributed by atoms with E-state index in [0.717, 1.165) is 24.8 Å². The standard InChI is InChI=1S/C16H27N3OS.C2HF3O2/c1-2-3-9-15(18-11-14(17)12-21)16(20)19-10-13-7-5-4-6-8-13;3-2(4,5)1(6)7/h4-8,14-15,18,21H,2-3,9-12,17H2,1H3,(H,19,20);(H,6,7)/t14-,15+;/m1./s1. The van der Waals surface area contributed by atoms with Gasteiger partial charge in [-0.25, -0.2) is 4.79 Å². The highest BCUT2D eigenvalue weighted by Gasteiger charge is 2.38. The average Bonchev–Trinajstić information content (AvgIpc) is 2.66. The highest BCUT2D eigenvalue weighted by Crippen LogP contribution is 2.13. The van der Waals surface area contributed by atoms with Gasteiger partial charge in [0.2, 0.25) is 5.91 Å². The predicted molar refractivity (Wildman–Crippen MR) is 105 cm³/mol. The Bertz CT molecular complexity index is 574. The number of alkyl halides is 3. The summed E-state index contributed by atoms with van der Waals surface area (Å²) in [6.45, 7) is 3.29. The number of carboxylic acids is 1. The molecule has 0 aliphatic carbocycles. The maximum absolute atomic E-state index is 12.3. The van der Waals surface area contributed by atoms with Crippen LogP contribution in [0.1, 0.15) is 31.7 Å². The third kappa shape index (κ3) is 12.6. The molecule has 1 amide bonds. The number of hydrogen-bond acceptors (Lipinski definition) is 5. The van der Waals surface area contributed by atoms with Gasteiger partial charge in [-0.05, 0) is 12.0 Å². The summed E-state index contributed by atoms with van der Waals surface area (Å²) < 4.78 is 31.7. The molecule has 0 saturated heterocycles. The van der Waals surface area contributed by atoms with Crippen LogP contribution in [0.3, 0.4) is 0 Å². The van der Waals surface area contributed by atoms with Crippen LogP contribution in [0.5, 0.6) is 0 Å². The number of hydrogen-bond donors (Lipinski definition) is 5. The molecule has 5 N–H and O–H groups in total. The van der Waals surface area contributed by atoms with Crippen LogP contribution in [0.25, 0.3) is 0 Å². The maximum Gasteiger partial charge on any atom is 0.490 e. The van der Waals surface area contributed by atoms with Gasteiger partial charge in [-0.3, -0.25) is 4.79 Å². The molecule has 1 rings (SSSR count). The minimum Gasteiger partial charge on any atom is -0.475 e. The van der Waals surface area contributed by atoms with E-state index in [1.165, 1.54) is 0 Å². The van der Waals surface area contributed by atoms with Gasteiger partial charge in [0, 0.05) is 24.9 Å². The second-order valence-electron chi connectivity index (χ2n) is 6.05. The lowest BCUT2D eigenvalue weighted by Gasteiger charge is -2.20. The largest absolute Gasteiger partial charge is 0.490 e. The number of carboxylic acid groups (broad SMARTS) is 1. The molecule has 2 atom stereocenters. The molecule has 1 aromatic carbocycles. The zero-order valence-corrected chi connectivity index (χ0v) is 16.6. The van der Waals surface area contributed by atoms with Gasteiger partial charge in [0.1, 0.15) is 0 Å². The zero-order valence-electron chi connectivity index (χ0n) is 15.7. The lowest BCUT2D eigenvalue weighted by atomic mass is 10.1. The molecule has 28 heavy (non-hydrogen) atoms. The number of amides is 1. The molecule has 0 radical (unpaired) electrons. The first-order valence-electron chi connectivity index (χ1n) is 8.83. The van der Waals surface area contributed by atoms with Crippen LogP contribution in [-0.4, -0.2) is 47.5 Å². The molecule has 1 aromatic rings. The maximum atomic E-state index is 12.3. The molecular weight excluding hydrogens is 395 g/mol. The van der Waals surface area contributed by atoms with E-state index in [-0.39, 0.29) is 18.0 Å². The molecule has 0 unspecified atom stereocenters. The molecule has 0 aliphatic heterocycles. The van der Waals surface area contributed by atoms with Crippen LogP contribution in [0.4, 0.5) is 13.2 Å². The van der Waals surface area contributed by atoms with Gasteiger partial charge >= 0.3 is 12.1 Å². The van der Waals surface area contributed by atoms with Crippen molar-refractivity contribution >= 4 is 24.5 Å². The molecule has 6 nitrogen and oxygen atoms in total. The van der Waals surface area contributed by atoms with E-state index >= 15 is 0 Å². The Morgan fingerprint density at radius 2 is 1.82 bits per heavy atom. The fourth-order valence-corrected chi connectivity index (χ4v) is 2.13. The fourth-order valence-electron chi connectivity index (χ4n) is 2.00. The molecule has 0 fully saturated rings. The van der Waals surface area contributed by atoms with E-state index < -0.39 is 12.1 Å². The first-order valence-corrected chi connectivity index (χ1v) is 9.46. The van der Waals surface area contributed by atoms with E-state index in [2.05, 4.69) is 30.2 Å². The molecule has 0 aliphatic rings. The Kier molecular flexibility index (Phi) is 13.3. The third-order valence-electron chi connectivity index (χ3n) is 3.58. The minimum absolute atomic E-state index is 0.0283. The van der Waals surface area contributed by atoms with Gasteiger partial charge in [0.15, 0.2) is 0 Å².